The molecule has 4 rings (SSSR count). The zero-order valence-corrected chi connectivity index (χ0v) is 16.5. The fourth-order valence-corrected chi connectivity index (χ4v) is 3.40. The minimum absolute atomic E-state index is 0.175. The number of fused-ring (bicyclic) bond motifs is 1. The lowest BCUT2D eigenvalue weighted by atomic mass is 9.94. The molecular formula is C21H22F2N4O3. The van der Waals surface area contributed by atoms with E-state index in [1.54, 1.807) is 37.7 Å². The van der Waals surface area contributed by atoms with Gasteiger partial charge in [-0.05, 0) is 24.6 Å². The van der Waals surface area contributed by atoms with Gasteiger partial charge in [0.1, 0.15) is 11.7 Å². The number of carbonyl (C=O) groups is 1. The lowest BCUT2D eigenvalue weighted by Crippen LogP contribution is -2.48. The van der Waals surface area contributed by atoms with Crippen molar-refractivity contribution in [2.75, 3.05) is 5.32 Å². The molecule has 0 spiro atoms. The number of alkyl halides is 2. The lowest BCUT2D eigenvalue weighted by Gasteiger charge is -2.32. The van der Waals surface area contributed by atoms with Crippen molar-refractivity contribution in [3.63, 3.8) is 0 Å². The Kier molecular flexibility index (Phi) is 4.82. The van der Waals surface area contributed by atoms with E-state index in [1.165, 1.54) is 0 Å². The third-order valence-electron chi connectivity index (χ3n) is 5.54. The molecule has 2 aromatic rings. The third kappa shape index (κ3) is 3.78. The summed E-state index contributed by atoms with van der Waals surface area (Å²) >= 11 is 0. The molecule has 3 heterocycles. The Bertz CT molecular complexity index is 1080. The van der Waals surface area contributed by atoms with Crippen molar-refractivity contribution in [1.82, 2.24) is 15.3 Å². The summed E-state index contributed by atoms with van der Waals surface area (Å²) in [6.45, 7) is 3.55. The van der Waals surface area contributed by atoms with Crippen LogP contribution in [-0.4, -0.2) is 43.8 Å². The summed E-state index contributed by atoms with van der Waals surface area (Å²) in [7, 11) is 0. The number of halogens is 2. The predicted molar refractivity (Wildman–Crippen MR) is 107 cm³/mol. The number of nitrogens with zero attached hydrogens (tertiary/aromatic N) is 2. The van der Waals surface area contributed by atoms with E-state index in [0.29, 0.717) is 11.1 Å². The number of nitrogens with one attached hydrogen (secondary N) is 2. The van der Waals surface area contributed by atoms with Crippen molar-refractivity contribution in [3.05, 3.63) is 48.1 Å². The van der Waals surface area contributed by atoms with Crippen LogP contribution >= 0.6 is 0 Å². The average molecular weight is 416 g/mol. The highest BCUT2D eigenvalue weighted by molar-refractivity contribution is 5.96. The summed E-state index contributed by atoms with van der Waals surface area (Å²) in [5.74, 6) is -6.60. The van der Waals surface area contributed by atoms with E-state index in [2.05, 4.69) is 20.6 Å². The fourth-order valence-electron chi connectivity index (χ4n) is 3.40. The van der Waals surface area contributed by atoms with Crippen LogP contribution in [0.1, 0.15) is 32.4 Å². The van der Waals surface area contributed by atoms with Gasteiger partial charge in [0.15, 0.2) is 5.79 Å². The Morgan fingerprint density at radius 1 is 1.30 bits per heavy atom. The van der Waals surface area contributed by atoms with Gasteiger partial charge in [-0.25, -0.2) is 13.8 Å². The van der Waals surface area contributed by atoms with Crippen LogP contribution in [0.2, 0.25) is 0 Å². The minimum Gasteiger partial charge on any atom is -0.379 e. The van der Waals surface area contributed by atoms with Crippen molar-refractivity contribution in [2.24, 2.45) is 5.92 Å². The highest BCUT2D eigenvalue weighted by atomic mass is 19.3. The highest BCUT2D eigenvalue weighted by Gasteiger charge is 2.61. The first-order chi connectivity index (χ1) is 14.1. The first-order valence-electron chi connectivity index (χ1n) is 9.65. The van der Waals surface area contributed by atoms with Crippen LogP contribution in [0, 0.1) is 5.92 Å². The Hall–Kier alpha value is -2.91. The van der Waals surface area contributed by atoms with E-state index < -0.39 is 36.0 Å². The third-order valence-corrected chi connectivity index (χ3v) is 5.54. The Labute approximate surface area is 171 Å². The molecule has 1 aliphatic heterocycles. The largest absolute Gasteiger partial charge is 0.379 e. The van der Waals surface area contributed by atoms with Gasteiger partial charge < -0.3 is 20.8 Å². The van der Waals surface area contributed by atoms with Crippen molar-refractivity contribution >= 4 is 28.1 Å². The summed E-state index contributed by atoms with van der Waals surface area (Å²) in [5.41, 5.74) is 2.30. The number of anilines is 1. The van der Waals surface area contributed by atoms with Crippen LogP contribution in [0.15, 0.2) is 42.4 Å². The smallest absolute Gasteiger partial charge is 0.260 e. The molecular weight excluding hydrogens is 394 g/mol. The van der Waals surface area contributed by atoms with Crippen molar-refractivity contribution in [3.8, 4) is 0 Å². The number of hydrogen-bond donors (Lipinski definition) is 4. The Balaban J connectivity index is 1.53. The molecule has 7 nitrogen and oxygen atoms in total. The molecule has 2 aliphatic rings. The first kappa shape index (κ1) is 20.4. The first-order valence-corrected chi connectivity index (χ1v) is 9.65. The van der Waals surface area contributed by atoms with E-state index in [1.807, 2.05) is 13.0 Å². The quantitative estimate of drug-likeness (QED) is 0.558. The SMILES string of the molecule is CCC(O)(O)C1C=C(C)C(c2cc3cnc(NC(=O)C4CC4(F)F)cc3cn2)=CN1. The molecule has 0 radical (unpaired) electrons. The zero-order valence-electron chi connectivity index (χ0n) is 16.5. The summed E-state index contributed by atoms with van der Waals surface area (Å²) in [5, 5.41) is 27.0. The Morgan fingerprint density at radius 2 is 1.97 bits per heavy atom. The van der Waals surface area contributed by atoms with Crippen LogP contribution < -0.4 is 10.6 Å². The maximum Gasteiger partial charge on any atom is 0.260 e. The van der Waals surface area contributed by atoms with Gasteiger partial charge >= 0.3 is 0 Å². The van der Waals surface area contributed by atoms with E-state index in [0.717, 1.165) is 16.5 Å². The Morgan fingerprint density at radius 3 is 2.60 bits per heavy atom. The lowest BCUT2D eigenvalue weighted by molar-refractivity contribution is -0.173. The molecule has 0 bridgehead atoms. The summed E-state index contributed by atoms with van der Waals surface area (Å²) in [4.78, 5) is 20.4. The molecule has 0 saturated heterocycles. The molecule has 1 fully saturated rings. The highest BCUT2D eigenvalue weighted by Crippen LogP contribution is 2.49. The second kappa shape index (κ2) is 7.10. The number of rotatable bonds is 5. The number of aromatic nitrogens is 2. The topological polar surface area (TPSA) is 107 Å². The van der Waals surface area contributed by atoms with Crippen LogP contribution in [0.4, 0.5) is 14.6 Å². The summed E-state index contributed by atoms with van der Waals surface area (Å²) in [6.07, 6.45) is 6.35. The van der Waals surface area contributed by atoms with Gasteiger partial charge in [0.05, 0.1) is 11.7 Å². The van der Waals surface area contributed by atoms with Crippen LogP contribution in [0.5, 0.6) is 0 Å². The molecule has 4 N–H and O–H groups in total. The van der Waals surface area contributed by atoms with Crippen molar-refractivity contribution < 1.29 is 23.8 Å². The monoisotopic (exact) mass is 416 g/mol. The van der Waals surface area contributed by atoms with Crippen molar-refractivity contribution in [2.45, 2.75) is 44.4 Å². The molecule has 0 aromatic carbocycles. The summed E-state index contributed by atoms with van der Waals surface area (Å²) < 4.78 is 26.1. The molecule has 2 aromatic heterocycles. The predicted octanol–water partition coefficient (Wildman–Crippen LogP) is 2.57. The van der Waals surface area contributed by atoms with Gasteiger partial charge in [-0.2, -0.15) is 0 Å². The number of dihydropyridines is 1. The zero-order chi connectivity index (χ0) is 21.7. The standard InChI is InChI=1S/C21H22F2N4O3/c1-3-21(29,30)17-4-11(2)14(10-25-17)16-5-12-9-26-18(6-13(12)8-24-16)27-19(28)15-7-20(15,22)23/h4-6,8-10,15,17,25,29-30H,3,7H2,1-2H3,(H,26,27,28). The summed E-state index contributed by atoms with van der Waals surface area (Å²) in [6, 6.07) is 2.78. The second-order valence-electron chi connectivity index (χ2n) is 7.78. The molecule has 1 amide bonds. The van der Waals surface area contributed by atoms with Gasteiger partial charge in [0, 0.05) is 47.8 Å². The second-order valence-corrected chi connectivity index (χ2v) is 7.78. The average Bonchev–Trinajstić information content (AvgIpc) is 3.36. The number of pyridine rings is 2. The maximum atomic E-state index is 13.0. The number of allylic oxidation sites excluding steroid dienone is 2. The van der Waals surface area contributed by atoms with Gasteiger partial charge in [0.25, 0.3) is 5.92 Å². The van der Waals surface area contributed by atoms with Crippen molar-refractivity contribution in [1.29, 1.82) is 0 Å². The number of aliphatic hydroxyl groups is 2. The fraction of sp³-hybridized carbons (Fsp3) is 0.381. The molecule has 30 heavy (non-hydrogen) atoms. The normalized spacial score (nSPS) is 22.7. The van der Waals surface area contributed by atoms with Gasteiger partial charge in [-0.15, -0.1) is 0 Å². The van der Waals surface area contributed by atoms with Gasteiger partial charge in [-0.1, -0.05) is 13.0 Å². The molecule has 2 atom stereocenters. The van der Waals surface area contributed by atoms with Crippen LogP contribution in [-0.2, 0) is 4.79 Å². The van der Waals surface area contributed by atoms with Gasteiger partial charge in [-0.3, -0.25) is 9.78 Å². The maximum absolute atomic E-state index is 13.0. The van der Waals surface area contributed by atoms with E-state index in [4.69, 9.17) is 0 Å². The molecule has 158 valence electrons. The van der Waals surface area contributed by atoms with E-state index in [9.17, 15) is 23.8 Å². The van der Waals surface area contributed by atoms with Crippen LogP contribution in [0.3, 0.4) is 0 Å². The molecule has 2 unspecified atom stereocenters. The number of hydrogen-bond acceptors (Lipinski definition) is 6. The van der Waals surface area contributed by atoms with E-state index in [-0.39, 0.29) is 12.2 Å². The number of amides is 1. The van der Waals surface area contributed by atoms with Gasteiger partial charge in [0.2, 0.25) is 5.91 Å². The minimum atomic E-state index is -2.92. The van der Waals surface area contributed by atoms with Crippen LogP contribution in [0.25, 0.3) is 16.3 Å². The number of carbonyl (C=O) groups excluding carboxylic acids is 1. The molecule has 1 saturated carbocycles. The molecule has 1 aliphatic carbocycles. The molecule has 9 heteroatoms. The van der Waals surface area contributed by atoms with E-state index >= 15 is 0 Å².